The Kier molecular flexibility index (Phi) is 3.18. The van der Waals surface area contributed by atoms with Gasteiger partial charge in [-0.2, -0.15) is 0 Å². The molecule has 0 rings (SSSR count). The zero-order valence-electron chi connectivity index (χ0n) is 4.79. The normalized spacial score (nSPS) is 12.0. The lowest BCUT2D eigenvalue weighted by Gasteiger charge is -2.10. The van der Waals surface area contributed by atoms with Crippen LogP contribution in [-0.4, -0.2) is 18.4 Å². The summed E-state index contributed by atoms with van der Waals surface area (Å²) in [5.74, 6) is 4.55. The van der Waals surface area contributed by atoms with Gasteiger partial charge in [-0.05, 0) is 0 Å². The standard InChI is InChI=1S/C3H11NO3Si/c1-2-3-8(5,6)7-4/h5-6H,2-4H2,1H3. The quantitative estimate of drug-likeness (QED) is 0.352. The third-order valence-corrected chi connectivity index (χ3v) is 2.29. The smallest absolute Gasteiger partial charge is 0.389 e. The van der Waals surface area contributed by atoms with Crippen molar-refractivity contribution in [2.24, 2.45) is 5.90 Å². The van der Waals surface area contributed by atoms with Crippen molar-refractivity contribution in [1.29, 1.82) is 0 Å². The molecule has 0 fully saturated rings. The molecule has 0 atom stereocenters. The SMILES string of the molecule is CCC[Si](O)(O)ON. The maximum atomic E-state index is 8.67. The number of hydrogen-bond donors (Lipinski definition) is 3. The first-order chi connectivity index (χ1) is 3.62. The summed E-state index contributed by atoms with van der Waals surface area (Å²) in [7, 11) is -3.40. The van der Waals surface area contributed by atoms with Crippen LogP contribution in [0, 0.1) is 0 Å². The van der Waals surface area contributed by atoms with Crippen molar-refractivity contribution in [2.75, 3.05) is 0 Å². The van der Waals surface area contributed by atoms with Gasteiger partial charge in [-0.1, -0.05) is 13.3 Å². The number of hydrogen-bond acceptors (Lipinski definition) is 4. The Labute approximate surface area is 49.2 Å². The Morgan fingerprint density at radius 1 is 1.62 bits per heavy atom. The molecule has 0 saturated carbocycles. The molecule has 0 aliphatic rings. The predicted molar refractivity (Wildman–Crippen MR) is 30.6 cm³/mol. The highest BCUT2D eigenvalue weighted by Gasteiger charge is 2.29. The average Bonchev–Trinajstić information content (AvgIpc) is 1.67. The van der Waals surface area contributed by atoms with E-state index in [-0.39, 0.29) is 6.04 Å². The molecule has 0 aromatic carbocycles. The molecule has 0 saturated heterocycles. The van der Waals surface area contributed by atoms with Gasteiger partial charge in [-0.25, -0.2) is 5.90 Å². The highest BCUT2D eigenvalue weighted by atomic mass is 28.4. The van der Waals surface area contributed by atoms with E-state index in [4.69, 9.17) is 9.59 Å². The van der Waals surface area contributed by atoms with Gasteiger partial charge in [0.15, 0.2) is 0 Å². The van der Waals surface area contributed by atoms with E-state index >= 15 is 0 Å². The fourth-order valence-corrected chi connectivity index (χ4v) is 1.15. The molecule has 0 bridgehead atoms. The summed E-state index contributed by atoms with van der Waals surface area (Å²) in [5, 5.41) is 0. The van der Waals surface area contributed by atoms with E-state index in [9.17, 15) is 0 Å². The summed E-state index contributed by atoms with van der Waals surface area (Å²) in [6, 6.07) is 0.267. The summed E-state index contributed by atoms with van der Waals surface area (Å²) in [6.45, 7) is 1.83. The van der Waals surface area contributed by atoms with Crippen LogP contribution in [0.4, 0.5) is 0 Å². The predicted octanol–water partition coefficient (Wildman–Crippen LogP) is -0.790. The lowest BCUT2D eigenvalue weighted by molar-refractivity contribution is 0.149. The van der Waals surface area contributed by atoms with Crippen LogP contribution in [-0.2, 0) is 4.53 Å². The minimum atomic E-state index is -3.40. The molecule has 4 N–H and O–H groups in total. The van der Waals surface area contributed by atoms with Gasteiger partial charge in [-0.3, -0.25) is 4.53 Å². The highest BCUT2D eigenvalue weighted by molar-refractivity contribution is 6.57. The molecule has 0 amide bonds. The van der Waals surface area contributed by atoms with Crippen molar-refractivity contribution < 1.29 is 14.1 Å². The Hall–Kier alpha value is 0.0569. The molecule has 0 radical (unpaired) electrons. The molecular formula is C3H11NO3Si. The largest absolute Gasteiger partial charge is 0.512 e. The van der Waals surface area contributed by atoms with Crippen molar-refractivity contribution in [3.8, 4) is 0 Å². The topological polar surface area (TPSA) is 75.7 Å². The second-order valence-electron chi connectivity index (χ2n) is 1.61. The van der Waals surface area contributed by atoms with Crippen LogP contribution >= 0.6 is 0 Å². The van der Waals surface area contributed by atoms with Crippen molar-refractivity contribution in [3.63, 3.8) is 0 Å². The van der Waals surface area contributed by atoms with E-state index < -0.39 is 8.80 Å². The van der Waals surface area contributed by atoms with Gasteiger partial charge in [0.2, 0.25) is 0 Å². The summed E-state index contributed by atoms with van der Waals surface area (Å²) < 4.78 is 3.93. The molecule has 0 aliphatic carbocycles. The molecule has 0 aromatic rings. The first-order valence-electron chi connectivity index (χ1n) is 2.45. The Morgan fingerprint density at radius 2 is 2.12 bits per heavy atom. The van der Waals surface area contributed by atoms with Crippen LogP contribution < -0.4 is 5.90 Å². The maximum Gasteiger partial charge on any atom is 0.512 e. The molecule has 0 heterocycles. The van der Waals surface area contributed by atoms with Crippen molar-refractivity contribution in [1.82, 2.24) is 0 Å². The zero-order chi connectivity index (χ0) is 6.62. The Balaban J connectivity index is 3.37. The first kappa shape index (κ1) is 8.06. The summed E-state index contributed by atoms with van der Waals surface area (Å²) >= 11 is 0. The molecule has 5 heteroatoms. The van der Waals surface area contributed by atoms with Crippen molar-refractivity contribution in [3.05, 3.63) is 0 Å². The molecule has 8 heavy (non-hydrogen) atoms. The van der Waals surface area contributed by atoms with E-state index in [0.717, 1.165) is 0 Å². The Morgan fingerprint density at radius 3 is 2.25 bits per heavy atom. The van der Waals surface area contributed by atoms with Gasteiger partial charge in [-0.15, -0.1) is 0 Å². The lowest BCUT2D eigenvalue weighted by atomic mass is 10.6. The molecule has 0 aliphatic heterocycles. The molecule has 0 spiro atoms. The molecule has 4 nitrogen and oxygen atoms in total. The zero-order valence-corrected chi connectivity index (χ0v) is 5.79. The second-order valence-corrected chi connectivity index (χ2v) is 3.83. The minimum Gasteiger partial charge on any atom is -0.389 e. The first-order valence-corrected chi connectivity index (χ1v) is 4.46. The third-order valence-electron chi connectivity index (χ3n) is 0.764. The van der Waals surface area contributed by atoms with E-state index in [0.29, 0.717) is 6.42 Å². The van der Waals surface area contributed by atoms with Gasteiger partial charge >= 0.3 is 8.80 Å². The van der Waals surface area contributed by atoms with E-state index in [1.807, 2.05) is 6.92 Å². The summed E-state index contributed by atoms with van der Waals surface area (Å²) in [5.41, 5.74) is 0. The van der Waals surface area contributed by atoms with Crippen LogP contribution in [0.15, 0.2) is 0 Å². The summed E-state index contributed by atoms with van der Waals surface area (Å²) in [4.78, 5) is 17.3. The van der Waals surface area contributed by atoms with Crippen molar-refractivity contribution in [2.45, 2.75) is 19.4 Å². The second kappa shape index (κ2) is 3.16. The fraction of sp³-hybridized carbons (Fsp3) is 1.00. The van der Waals surface area contributed by atoms with Gasteiger partial charge in [0, 0.05) is 6.04 Å². The molecule has 50 valence electrons. The van der Waals surface area contributed by atoms with Gasteiger partial charge in [0.1, 0.15) is 0 Å². The van der Waals surface area contributed by atoms with Gasteiger partial charge in [0.05, 0.1) is 0 Å². The van der Waals surface area contributed by atoms with E-state index in [2.05, 4.69) is 10.4 Å². The van der Waals surface area contributed by atoms with Crippen molar-refractivity contribution >= 4 is 8.80 Å². The van der Waals surface area contributed by atoms with Crippen LogP contribution in [0.1, 0.15) is 13.3 Å². The van der Waals surface area contributed by atoms with Crippen LogP contribution in [0.25, 0.3) is 0 Å². The van der Waals surface area contributed by atoms with Crippen LogP contribution in [0.3, 0.4) is 0 Å². The Bertz CT molecular complexity index is 67.5. The van der Waals surface area contributed by atoms with Crippen LogP contribution in [0.2, 0.25) is 6.04 Å². The maximum absolute atomic E-state index is 8.67. The van der Waals surface area contributed by atoms with Crippen LogP contribution in [0.5, 0.6) is 0 Å². The monoisotopic (exact) mass is 137 g/mol. The van der Waals surface area contributed by atoms with Gasteiger partial charge < -0.3 is 9.59 Å². The highest BCUT2D eigenvalue weighted by Crippen LogP contribution is 2.02. The molecular weight excluding hydrogens is 126 g/mol. The lowest BCUT2D eigenvalue weighted by Crippen LogP contribution is -2.41. The average molecular weight is 137 g/mol. The third kappa shape index (κ3) is 3.11. The van der Waals surface area contributed by atoms with E-state index in [1.165, 1.54) is 0 Å². The number of nitrogens with two attached hydrogens (primary N) is 1. The summed E-state index contributed by atoms with van der Waals surface area (Å²) in [6.07, 6.45) is 0.677. The minimum absolute atomic E-state index is 0.267. The van der Waals surface area contributed by atoms with Gasteiger partial charge in [0.25, 0.3) is 0 Å². The number of rotatable bonds is 3. The van der Waals surface area contributed by atoms with E-state index in [1.54, 1.807) is 0 Å². The fourth-order valence-electron chi connectivity index (χ4n) is 0.385. The molecule has 0 unspecified atom stereocenters. The molecule has 0 aromatic heterocycles.